The number of halogens is 1. The average molecular weight is 423 g/mol. The summed E-state index contributed by atoms with van der Waals surface area (Å²) in [5.41, 5.74) is 6.63. The third-order valence-electron chi connectivity index (χ3n) is 3.01. The minimum absolute atomic E-state index is 0. The number of nitrogens with one attached hydrogen (secondary N) is 1. The Kier molecular flexibility index (Phi) is 8.28. The summed E-state index contributed by atoms with van der Waals surface area (Å²) in [6, 6.07) is 5.43. The van der Waals surface area contributed by atoms with Gasteiger partial charge in [0.25, 0.3) is 0 Å². The van der Waals surface area contributed by atoms with Crippen molar-refractivity contribution in [3.05, 3.63) is 18.2 Å². The molecule has 0 spiro atoms. The third-order valence-corrected chi connectivity index (χ3v) is 3.01. The zero-order valence-corrected chi connectivity index (χ0v) is 15.0. The molecular weight excluding hydrogens is 401 g/mol. The minimum Gasteiger partial charge on any atom is -0.493 e. The number of aliphatic imine (C=N–C) groups is 1. The van der Waals surface area contributed by atoms with Crippen molar-refractivity contribution in [2.24, 2.45) is 10.7 Å². The van der Waals surface area contributed by atoms with E-state index in [-0.39, 0.29) is 30.1 Å². The first-order chi connectivity index (χ1) is 10.2. The second-order valence-corrected chi connectivity index (χ2v) is 4.49. The van der Waals surface area contributed by atoms with Crippen molar-refractivity contribution < 1.29 is 18.9 Å². The van der Waals surface area contributed by atoms with Gasteiger partial charge in [-0.25, -0.2) is 0 Å². The summed E-state index contributed by atoms with van der Waals surface area (Å²) in [5, 5.41) is 3.00. The maximum absolute atomic E-state index is 5.86. The fourth-order valence-electron chi connectivity index (χ4n) is 1.94. The van der Waals surface area contributed by atoms with E-state index in [1.165, 1.54) is 0 Å². The molecule has 124 valence electrons. The Morgan fingerprint density at radius 2 is 2.09 bits per heavy atom. The van der Waals surface area contributed by atoms with Crippen molar-refractivity contribution >= 4 is 35.6 Å². The first-order valence-electron chi connectivity index (χ1n) is 6.71. The quantitative estimate of drug-likeness (QED) is 0.424. The molecule has 3 N–H and O–H groups in total. The number of ether oxygens (including phenoxy) is 4. The molecule has 1 atom stereocenters. The number of anilines is 1. The van der Waals surface area contributed by atoms with Crippen LogP contribution in [-0.2, 0) is 9.47 Å². The highest BCUT2D eigenvalue weighted by molar-refractivity contribution is 14.0. The van der Waals surface area contributed by atoms with Crippen LogP contribution in [0.25, 0.3) is 0 Å². The smallest absolute Gasteiger partial charge is 0.193 e. The van der Waals surface area contributed by atoms with Gasteiger partial charge in [0.1, 0.15) is 6.10 Å². The highest BCUT2D eigenvalue weighted by Gasteiger charge is 2.13. The summed E-state index contributed by atoms with van der Waals surface area (Å²) in [6.07, 6.45) is -0.0375. The summed E-state index contributed by atoms with van der Waals surface area (Å²) < 4.78 is 21.2. The molecule has 1 aromatic carbocycles. The second-order valence-electron chi connectivity index (χ2n) is 4.49. The standard InChI is InChI=1S/C14H21N3O4.HI/c1-18-12-4-3-10(7-13(12)19-2)17-14(15)16-8-11-9-20-5-6-21-11;/h3-4,7,11H,5-6,8-9H2,1-2H3,(H3,15,16,17);1H. The number of nitrogens with two attached hydrogens (primary N) is 1. The van der Waals surface area contributed by atoms with Crippen LogP contribution in [0.3, 0.4) is 0 Å². The zero-order valence-electron chi connectivity index (χ0n) is 12.7. The van der Waals surface area contributed by atoms with Crippen LogP contribution in [0.5, 0.6) is 11.5 Å². The molecule has 7 nitrogen and oxygen atoms in total. The SMILES string of the molecule is COc1ccc(NC(N)=NCC2COCCO2)cc1OC.I. The highest BCUT2D eigenvalue weighted by atomic mass is 127. The first-order valence-corrected chi connectivity index (χ1v) is 6.71. The second kappa shape index (κ2) is 9.70. The molecule has 0 radical (unpaired) electrons. The molecule has 22 heavy (non-hydrogen) atoms. The molecule has 0 aromatic heterocycles. The van der Waals surface area contributed by atoms with Crippen LogP contribution in [0.1, 0.15) is 0 Å². The van der Waals surface area contributed by atoms with Crippen LogP contribution in [0.4, 0.5) is 5.69 Å². The molecule has 0 aliphatic carbocycles. The fourth-order valence-corrected chi connectivity index (χ4v) is 1.94. The van der Waals surface area contributed by atoms with Crippen LogP contribution in [-0.4, -0.2) is 52.6 Å². The molecule has 0 amide bonds. The van der Waals surface area contributed by atoms with E-state index >= 15 is 0 Å². The van der Waals surface area contributed by atoms with E-state index in [2.05, 4.69) is 10.3 Å². The first kappa shape index (κ1) is 18.8. The summed E-state index contributed by atoms with van der Waals surface area (Å²) >= 11 is 0. The molecule has 1 aliphatic heterocycles. The van der Waals surface area contributed by atoms with E-state index in [0.29, 0.717) is 43.8 Å². The van der Waals surface area contributed by atoms with Gasteiger partial charge in [-0.05, 0) is 12.1 Å². The van der Waals surface area contributed by atoms with E-state index in [1.807, 2.05) is 6.07 Å². The Labute approximate surface area is 147 Å². The molecule has 1 fully saturated rings. The van der Waals surface area contributed by atoms with Crippen molar-refractivity contribution in [1.82, 2.24) is 0 Å². The van der Waals surface area contributed by atoms with Crippen molar-refractivity contribution in [2.75, 3.05) is 45.9 Å². The monoisotopic (exact) mass is 423 g/mol. The van der Waals surface area contributed by atoms with Gasteiger partial charge < -0.3 is 30.0 Å². The summed E-state index contributed by atoms with van der Waals surface area (Å²) in [7, 11) is 3.17. The Morgan fingerprint density at radius 3 is 2.73 bits per heavy atom. The topological polar surface area (TPSA) is 87.3 Å². The molecule has 1 unspecified atom stereocenters. The Bertz CT molecular complexity index is 493. The summed E-state index contributed by atoms with van der Waals surface area (Å²) in [6.45, 7) is 2.25. The van der Waals surface area contributed by atoms with Crippen LogP contribution in [0, 0.1) is 0 Å². The van der Waals surface area contributed by atoms with Gasteiger partial charge in [0.05, 0.1) is 40.6 Å². The molecule has 2 rings (SSSR count). The van der Waals surface area contributed by atoms with Gasteiger partial charge in [-0.15, -0.1) is 24.0 Å². The predicted octanol–water partition coefficient (Wildman–Crippen LogP) is 1.46. The van der Waals surface area contributed by atoms with Crippen molar-refractivity contribution in [3.63, 3.8) is 0 Å². The highest BCUT2D eigenvalue weighted by Crippen LogP contribution is 2.29. The Balaban J connectivity index is 0.00000242. The van der Waals surface area contributed by atoms with Crippen LogP contribution in [0.2, 0.25) is 0 Å². The number of rotatable bonds is 5. The normalized spacial score (nSPS) is 18.3. The van der Waals surface area contributed by atoms with Gasteiger partial charge in [-0.1, -0.05) is 0 Å². The maximum atomic E-state index is 5.86. The molecule has 0 bridgehead atoms. The number of benzene rings is 1. The molecule has 1 saturated heterocycles. The number of hydrogen-bond acceptors (Lipinski definition) is 5. The van der Waals surface area contributed by atoms with Crippen molar-refractivity contribution in [3.8, 4) is 11.5 Å². The molecule has 1 heterocycles. The summed E-state index contributed by atoms with van der Waals surface area (Å²) in [4.78, 5) is 4.25. The number of hydrogen-bond donors (Lipinski definition) is 2. The maximum Gasteiger partial charge on any atom is 0.193 e. The minimum atomic E-state index is -0.0375. The molecule has 8 heteroatoms. The van der Waals surface area contributed by atoms with E-state index < -0.39 is 0 Å². The number of methoxy groups -OCH3 is 2. The van der Waals surface area contributed by atoms with Gasteiger partial charge in [0.15, 0.2) is 17.5 Å². The number of guanidine groups is 1. The van der Waals surface area contributed by atoms with E-state index in [9.17, 15) is 0 Å². The van der Waals surface area contributed by atoms with Crippen LogP contribution < -0.4 is 20.5 Å². The molecule has 1 aromatic rings. The molecule has 0 saturated carbocycles. The van der Waals surface area contributed by atoms with Gasteiger partial charge in [0.2, 0.25) is 0 Å². The van der Waals surface area contributed by atoms with E-state index in [4.69, 9.17) is 24.7 Å². The largest absolute Gasteiger partial charge is 0.493 e. The van der Waals surface area contributed by atoms with E-state index in [1.54, 1.807) is 26.4 Å². The third kappa shape index (κ3) is 5.50. The Morgan fingerprint density at radius 1 is 1.32 bits per heavy atom. The van der Waals surface area contributed by atoms with Gasteiger partial charge in [-0.3, -0.25) is 4.99 Å². The van der Waals surface area contributed by atoms with E-state index in [0.717, 1.165) is 5.69 Å². The lowest BCUT2D eigenvalue weighted by atomic mass is 10.3. The molecule has 1 aliphatic rings. The zero-order chi connectivity index (χ0) is 15.1. The average Bonchev–Trinajstić information content (AvgIpc) is 2.53. The van der Waals surface area contributed by atoms with Gasteiger partial charge >= 0.3 is 0 Å². The van der Waals surface area contributed by atoms with Gasteiger partial charge in [-0.2, -0.15) is 0 Å². The summed E-state index contributed by atoms with van der Waals surface area (Å²) in [5.74, 6) is 1.60. The Hall–Kier alpha value is -1.26. The predicted molar refractivity (Wildman–Crippen MR) is 95.6 cm³/mol. The van der Waals surface area contributed by atoms with Crippen molar-refractivity contribution in [1.29, 1.82) is 0 Å². The number of nitrogens with zero attached hydrogens (tertiary/aromatic N) is 1. The molecular formula is C14H22IN3O4. The van der Waals surface area contributed by atoms with Crippen molar-refractivity contribution in [2.45, 2.75) is 6.10 Å². The lowest BCUT2D eigenvalue weighted by Crippen LogP contribution is -2.32. The lowest BCUT2D eigenvalue weighted by Gasteiger charge is -2.21. The fraction of sp³-hybridized carbons (Fsp3) is 0.500. The van der Waals surface area contributed by atoms with Crippen LogP contribution >= 0.6 is 24.0 Å². The van der Waals surface area contributed by atoms with Gasteiger partial charge in [0, 0.05) is 11.8 Å². The lowest BCUT2D eigenvalue weighted by molar-refractivity contribution is -0.0832. The van der Waals surface area contributed by atoms with Crippen LogP contribution in [0.15, 0.2) is 23.2 Å².